The number of imidazole rings is 1. The van der Waals surface area contributed by atoms with Crippen LogP contribution in [0.25, 0.3) is 21.6 Å². The highest BCUT2D eigenvalue weighted by molar-refractivity contribution is 7.61. The normalized spacial score (nSPS) is 28.1. The second-order valence-corrected chi connectivity index (χ2v) is 15.8. The molecule has 3 aromatic rings. The summed E-state index contributed by atoms with van der Waals surface area (Å²) in [6, 6.07) is 1.34. The van der Waals surface area contributed by atoms with Crippen LogP contribution in [-0.2, 0) is 47.5 Å². The van der Waals surface area contributed by atoms with Crippen LogP contribution in [-0.4, -0.2) is 122 Å². The summed E-state index contributed by atoms with van der Waals surface area (Å²) in [5.74, 6) is -1.41. The highest BCUT2D eigenvalue weighted by Gasteiger charge is 2.51. The maximum atomic E-state index is 12.7. The highest BCUT2D eigenvalue weighted by atomic mass is 31.3. The number of ether oxygens (including phenoxy) is 2. The molecular weight excluding hydrogens is 795 g/mol. The van der Waals surface area contributed by atoms with E-state index in [-0.39, 0.29) is 35.5 Å². The summed E-state index contributed by atoms with van der Waals surface area (Å²) in [6.07, 6.45) is -8.45. The molecule has 0 amide bonds. The zero-order valence-electron chi connectivity index (χ0n) is 27.2. The molecule has 30 heteroatoms. The van der Waals surface area contributed by atoms with Gasteiger partial charge in [0.15, 0.2) is 36.2 Å². The predicted octanol–water partition coefficient (Wildman–Crippen LogP) is -1.06. The van der Waals surface area contributed by atoms with E-state index in [0.717, 1.165) is 28.0 Å². The monoisotopic (exact) mass is 828 g/mol. The predicted molar refractivity (Wildman–Crippen MR) is 171 cm³/mol. The summed E-state index contributed by atoms with van der Waals surface area (Å²) in [4.78, 5) is 65.3. The van der Waals surface area contributed by atoms with Gasteiger partial charge in [0.2, 0.25) is 0 Å². The third-order valence-corrected chi connectivity index (χ3v) is 11.0. The standard InChI is InChI=1S/C24H32N9O18P3/c25-20-15-21(28-9-27-20)33(10-29-15)23-19(50-52(39,40)41)17(35)14(49-23)8-47-54(44,45)51-53(42,43)46-7-13-16(34)18(36)22(48-13)32-5-11(2-1-3-30-31-26)4-12(6-32)24(37)38/h4-6,9-10,13-14,16-19,22-23,34-36H,1-3,7-8H2,(H6-,25,27,28,37,38,39,40,41,42,43,44,45)/p+1/t13-,14+,16-,17+,18-,19+,22-,23+/m0/s1. The first kappa shape index (κ1) is 41.6. The maximum Gasteiger partial charge on any atom is 0.481 e. The van der Waals surface area contributed by atoms with E-state index < -0.39 is 91.7 Å². The topological polar surface area (TPSA) is 408 Å². The highest BCUT2D eigenvalue weighted by Crippen LogP contribution is 2.61. The fourth-order valence-corrected chi connectivity index (χ4v) is 8.13. The smallest absolute Gasteiger partial charge is 0.477 e. The van der Waals surface area contributed by atoms with Crippen molar-refractivity contribution in [3.63, 3.8) is 0 Å². The third-order valence-electron chi connectivity index (χ3n) is 7.85. The molecule has 2 aliphatic heterocycles. The fourth-order valence-electron chi connectivity index (χ4n) is 5.50. The minimum absolute atomic E-state index is 0.0127. The molecule has 0 spiro atoms. The Kier molecular flexibility index (Phi) is 12.8. The summed E-state index contributed by atoms with van der Waals surface area (Å²) in [5, 5.41) is 45.0. The second-order valence-electron chi connectivity index (χ2n) is 11.6. The minimum atomic E-state index is -5.58. The average Bonchev–Trinajstić information content (AvgIpc) is 3.74. The molecule has 0 saturated carbocycles. The van der Waals surface area contributed by atoms with Crippen LogP contribution in [0.5, 0.6) is 0 Å². The number of nitrogen functional groups attached to an aromatic ring is 1. The number of phosphoric acid groups is 3. The van der Waals surface area contributed by atoms with Gasteiger partial charge in [-0.3, -0.25) is 18.1 Å². The number of carboxylic acids is 1. The molecule has 2 fully saturated rings. The number of nitrogens with zero attached hydrogens (tertiary/aromatic N) is 8. The molecule has 27 nitrogen and oxygen atoms in total. The Balaban J connectivity index is 1.21. The number of hydrogen-bond acceptors (Lipinski definition) is 18. The number of anilines is 1. The molecular formula is C24H33N9O18P3+. The molecule has 2 aliphatic rings. The van der Waals surface area contributed by atoms with Gasteiger partial charge in [0.25, 0.3) is 6.23 Å². The van der Waals surface area contributed by atoms with Crippen molar-refractivity contribution in [2.75, 3.05) is 25.5 Å². The molecule has 10 atom stereocenters. The number of rotatable bonds is 17. The Morgan fingerprint density at radius 1 is 1.00 bits per heavy atom. The molecule has 0 aliphatic carbocycles. The number of azide groups is 1. The molecule has 2 unspecified atom stereocenters. The van der Waals surface area contributed by atoms with Gasteiger partial charge < -0.3 is 55.2 Å². The number of phosphoric ester groups is 3. The molecule has 3 aromatic heterocycles. The number of aryl methyl sites for hydroxylation is 1. The number of carbonyl (C=O) groups is 1. The number of aromatic carboxylic acids is 1. The van der Waals surface area contributed by atoms with Gasteiger partial charge in [-0.25, -0.2) is 33.4 Å². The lowest BCUT2D eigenvalue weighted by molar-refractivity contribution is -0.766. The van der Waals surface area contributed by atoms with Crippen molar-refractivity contribution in [2.24, 2.45) is 5.11 Å². The van der Waals surface area contributed by atoms with Gasteiger partial charge in [-0.1, -0.05) is 5.11 Å². The summed E-state index contributed by atoms with van der Waals surface area (Å²) >= 11 is 0. The summed E-state index contributed by atoms with van der Waals surface area (Å²) in [7, 11) is -16.4. The van der Waals surface area contributed by atoms with Crippen molar-refractivity contribution in [1.82, 2.24) is 19.5 Å². The van der Waals surface area contributed by atoms with Gasteiger partial charge in [-0.05, 0) is 24.4 Å². The molecule has 10 N–H and O–H groups in total. The van der Waals surface area contributed by atoms with Gasteiger partial charge in [0.1, 0.15) is 47.9 Å². The first-order valence-corrected chi connectivity index (χ1v) is 19.8. The zero-order valence-corrected chi connectivity index (χ0v) is 29.9. The van der Waals surface area contributed by atoms with E-state index >= 15 is 0 Å². The van der Waals surface area contributed by atoms with E-state index in [0.29, 0.717) is 12.0 Å². The lowest BCUT2D eigenvalue weighted by Crippen LogP contribution is -2.46. The lowest BCUT2D eigenvalue weighted by atomic mass is 10.1. The average molecular weight is 828 g/mol. The van der Waals surface area contributed by atoms with E-state index in [4.69, 9.17) is 34.3 Å². The van der Waals surface area contributed by atoms with Crippen molar-refractivity contribution in [1.29, 1.82) is 0 Å². The largest absolute Gasteiger partial charge is 0.481 e. The van der Waals surface area contributed by atoms with E-state index in [2.05, 4.69) is 29.3 Å². The lowest BCUT2D eigenvalue weighted by Gasteiger charge is -2.22. The quantitative estimate of drug-likeness (QED) is 0.0195. The van der Waals surface area contributed by atoms with Gasteiger partial charge in [0.05, 0.1) is 19.5 Å². The molecule has 54 heavy (non-hydrogen) atoms. The number of aliphatic hydroxyl groups excluding tert-OH is 3. The Morgan fingerprint density at radius 3 is 2.30 bits per heavy atom. The van der Waals surface area contributed by atoms with Crippen LogP contribution in [0.1, 0.15) is 34.8 Å². The van der Waals surface area contributed by atoms with Crippen molar-refractivity contribution >= 4 is 46.4 Å². The van der Waals surface area contributed by atoms with Crippen LogP contribution in [0.15, 0.2) is 36.2 Å². The van der Waals surface area contributed by atoms with Crippen molar-refractivity contribution < 1.29 is 90.4 Å². The number of fused-ring (bicyclic) bond motifs is 1. The van der Waals surface area contributed by atoms with Gasteiger partial charge in [0, 0.05) is 17.0 Å². The number of pyridine rings is 1. The van der Waals surface area contributed by atoms with Crippen LogP contribution in [0.4, 0.5) is 5.82 Å². The molecule has 0 bridgehead atoms. The van der Waals surface area contributed by atoms with E-state index in [1.54, 1.807) is 0 Å². The third kappa shape index (κ3) is 10.00. The van der Waals surface area contributed by atoms with Crippen LogP contribution in [0, 0.1) is 0 Å². The zero-order chi connectivity index (χ0) is 39.6. The molecule has 2 saturated heterocycles. The Bertz CT molecular complexity index is 2050. The SMILES string of the molecule is [N-]=[N+]=NCCCc1cc(C(=O)O)c[n+]([C@H]2O[C@@H](COP(=O)(O)OP(=O)(O)OC[C@H]3O[C@@H](n4cnc5c(N)ncnc54)[C@H](OP(=O)(O)O)[C@@H]3O)[C@H](O)[C@@H]2O)c1. The summed E-state index contributed by atoms with van der Waals surface area (Å²) in [5.41, 5.74) is 14.5. The van der Waals surface area contributed by atoms with Gasteiger partial charge in [-0.15, -0.1) is 0 Å². The molecule has 0 aromatic carbocycles. The molecule has 296 valence electrons. The number of aromatic nitrogens is 5. The first-order valence-electron chi connectivity index (χ1n) is 15.3. The molecule has 5 heterocycles. The van der Waals surface area contributed by atoms with Crippen molar-refractivity contribution in [2.45, 2.75) is 61.9 Å². The van der Waals surface area contributed by atoms with Crippen molar-refractivity contribution in [3.05, 3.63) is 52.7 Å². The fraction of sp³-hybridized carbons (Fsp3) is 0.542. The van der Waals surface area contributed by atoms with Gasteiger partial charge in [-0.2, -0.15) is 8.88 Å². The summed E-state index contributed by atoms with van der Waals surface area (Å²) in [6.45, 7) is -2.01. The van der Waals surface area contributed by atoms with Crippen LogP contribution in [0.2, 0.25) is 0 Å². The number of aliphatic hydroxyl groups is 3. The summed E-state index contributed by atoms with van der Waals surface area (Å²) < 4.78 is 68.8. The van der Waals surface area contributed by atoms with Gasteiger partial charge >= 0.3 is 29.4 Å². The Morgan fingerprint density at radius 2 is 1.67 bits per heavy atom. The number of nitrogens with two attached hydrogens (primary N) is 1. The number of carboxylic acid groups (broad SMARTS) is 1. The second kappa shape index (κ2) is 16.7. The number of hydrogen-bond donors (Lipinski definition) is 9. The van der Waals surface area contributed by atoms with E-state index in [9.17, 15) is 58.5 Å². The van der Waals surface area contributed by atoms with E-state index in [1.165, 1.54) is 12.3 Å². The first-order chi connectivity index (χ1) is 25.3. The Labute approximate surface area is 301 Å². The minimum Gasteiger partial charge on any atom is -0.477 e. The van der Waals surface area contributed by atoms with Crippen LogP contribution < -0.4 is 10.3 Å². The van der Waals surface area contributed by atoms with Crippen LogP contribution in [0.3, 0.4) is 0 Å². The molecule has 0 radical (unpaired) electrons. The van der Waals surface area contributed by atoms with Crippen LogP contribution >= 0.6 is 23.5 Å². The maximum absolute atomic E-state index is 12.7. The van der Waals surface area contributed by atoms with E-state index in [1.807, 2.05) is 0 Å². The molecule has 5 rings (SSSR count). The Hall–Kier alpha value is -3.55. The van der Waals surface area contributed by atoms with Crippen molar-refractivity contribution in [3.8, 4) is 0 Å².